The fourth-order valence-corrected chi connectivity index (χ4v) is 3.61. The van der Waals surface area contributed by atoms with Crippen LogP contribution in [0, 0.1) is 0 Å². The first-order valence-corrected chi connectivity index (χ1v) is 11.3. The summed E-state index contributed by atoms with van der Waals surface area (Å²) in [6.07, 6.45) is 2.61. The molecule has 0 spiro atoms. The number of rotatable bonds is 5. The van der Waals surface area contributed by atoms with Gasteiger partial charge in [-0.25, -0.2) is 14.8 Å². The number of nitrogens with zero attached hydrogens (tertiary/aromatic N) is 5. The van der Waals surface area contributed by atoms with Gasteiger partial charge in [-0.05, 0) is 39.0 Å². The zero-order valence-electron chi connectivity index (χ0n) is 20.3. The standard InChI is InChI=1S/C25H31N5O4/c1-25(2,3)34-24(31)30-12-13-32-19(15-30)16-33-23-22-21(26-10-11-27-22)14-20(28-23)17-6-8-18(9-7-17)29(4)5/h6-11,14,19H,12-13,15-16H2,1-5H3. The van der Waals surface area contributed by atoms with E-state index in [9.17, 15) is 4.79 Å². The third-order valence-electron chi connectivity index (χ3n) is 5.30. The first kappa shape index (κ1) is 23.7. The largest absolute Gasteiger partial charge is 0.473 e. The van der Waals surface area contributed by atoms with E-state index in [0.29, 0.717) is 36.6 Å². The Kier molecular flexibility index (Phi) is 6.83. The van der Waals surface area contributed by atoms with Crippen LogP contribution in [0.1, 0.15) is 20.8 Å². The monoisotopic (exact) mass is 465 g/mol. The number of hydrogen-bond acceptors (Lipinski definition) is 8. The van der Waals surface area contributed by atoms with Crippen LogP contribution in [0.5, 0.6) is 5.88 Å². The topological polar surface area (TPSA) is 89.9 Å². The van der Waals surface area contributed by atoms with Gasteiger partial charge in [-0.2, -0.15) is 0 Å². The zero-order valence-corrected chi connectivity index (χ0v) is 20.3. The number of amides is 1. The minimum atomic E-state index is -0.548. The molecule has 4 rings (SSSR count). The molecule has 9 nitrogen and oxygen atoms in total. The van der Waals surface area contributed by atoms with Crippen molar-refractivity contribution in [2.24, 2.45) is 0 Å². The molecule has 0 bridgehead atoms. The summed E-state index contributed by atoms with van der Waals surface area (Å²) in [5.74, 6) is 0.385. The number of hydrogen-bond donors (Lipinski definition) is 0. The van der Waals surface area contributed by atoms with Crippen molar-refractivity contribution in [1.82, 2.24) is 19.9 Å². The molecule has 2 aromatic heterocycles. The van der Waals surface area contributed by atoms with Crippen LogP contribution in [0.15, 0.2) is 42.7 Å². The van der Waals surface area contributed by atoms with Crippen molar-refractivity contribution in [3.63, 3.8) is 0 Å². The Bertz CT molecular complexity index is 1140. The van der Waals surface area contributed by atoms with Crippen molar-refractivity contribution in [2.45, 2.75) is 32.5 Å². The minimum absolute atomic E-state index is 0.223. The van der Waals surface area contributed by atoms with E-state index >= 15 is 0 Å². The molecule has 0 aliphatic carbocycles. The molecule has 0 radical (unpaired) electrons. The van der Waals surface area contributed by atoms with Crippen LogP contribution in [0.3, 0.4) is 0 Å². The normalized spacial score (nSPS) is 16.4. The molecular formula is C25H31N5O4. The predicted octanol–water partition coefficient (Wildman–Crippen LogP) is 3.77. The second kappa shape index (κ2) is 9.80. The van der Waals surface area contributed by atoms with Crippen LogP contribution in [-0.4, -0.2) is 78.0 Å². The van der Waals surface area contributed by atoms with Gasteiger partial charge in [0.2, 0.25) is 5.88 Å². The van der Waals surface area contributed by atoms with Gasteiger partial charge in [0.1, 0.15) is 18.3 Å². The van der Waals surface area contributed by atoms with E-state index < -0.39 is 5.60 Å². The van der Waals surface area contributed by atoms with E-state index in [4.69, 9.17) is 19.2 Å². The van der Waals surface area contributed by atoms with Crippen molar-refractivity contribution >= 4 is 22.8 Å². The van der Waals surface area contributed by atoms with Crippen molar-refractivity contribution < 1.29 is 19.0 Å². The van der Waals surface area contributed by atoms with Gasteiger partial charge in [0, 0.05) is 44.3 Å². The number of benzene rings is 1. The average molecular weight is 466 g/mol. The third-order valence-corrected chi connectivity index (χ3v) is 5.30. The Morgan fingerprint density at radius 2 is 1.91 bits per heavy atom. The number of pyridine rings is 1. The number of anilines is 1. The summed E-state index contributed by atoms with van der Waals surface area (Å²) in [5.41, 5.74) is 3.52. The molecular weight excluding hydrogens is 434 g/mol. The van der Waals surface area contributed by atoms with Crippen LogP contribution in [0.25, 0.3) is 22.3 Å². The molecule has 3 aromatic rings. The fourth-order valence-electron chi connectivity index (χ4n) is 3.61. The highest BCUT2D eigenvalue weighted by Crippen LogP contribution is 2.28. The third kappa shape index (κ3) is 5.72. The molecule has 0 saturated carbocycles. The maximum Gasteiger partial charge on any atom is 0.410 e. The molecule has 1 unspecified atom stereocenters. The second-order valence-electron chi connectivity index (χ2n) is 9.41. The van der Waals surface area contributed by atoms with Gasteiger partial charge >= 0.3 is 6.09 Å². The molecule has 1 atom stereocenters. The van der Waals surface area contributed by atoms with Crippen molar-refractivity contribution in [1.29, 1.82) is 0 Å². The van der Waals surface area contributed by atoms with Gasteiger partial charge in [0.15, 0.2) is 5.52 Å². The van der Waals surface area contributed by atoms with Crippen LogP contribution in [0.2, 0.25) is 0 Å². The van der Waals surface area contributed by atoms with Crippen LogP contribution >= 0.6 is 0 Å². The van der Waals surface area contributed by atoms with Gasteiger partial charge in [-0.3, -0.25) is 4.98 Å². The minimum Gasteiger partial charge on any atom is -0.473 e. The lowest BCUT2D eigenvalue weighted by Gasteiger charge is -2.34. The highest BCUT2D eigenvalue weighted by molar-refractivity contribution is 5.83. The Labute approximate surface area is 199 Å². The van der Waals surface area contributed by atoms with E-state index in [-0.39, 0.29) is 18.8 Å². The SMILES string of the molecule is CN(C)c1ccc(-c2cc3nccnc3c(OCC3CN(C(=O)OC(C)(C)C)CCO3)n2)cc1. The summed E-state index contributed by atoms with van der Waals surface area (Å²) in [5, 5.41) is 0. The summed E-state index contributed by atoms with van der Waals surface area (Å²) in [4.78, 5) is 29.7. The molecule has 3 heterocycles. The molecule has 0 N–H and O–H groups in total. The van der Waals surface area contributed by atoms with Gasteiger partial charge in [-0.15, -0.1) is 0 Å². The van der Waals surface area contributed by atoms with Gasteiger partial charge in [0.05, 0.1) is 24.4 Å². The van der Waals surface area contributed by atoms with E-state index in [2.05, 4.69) is 9.97 Å². The molecule has 1 saturated heterocycles. The Morgan fingerprint density at radius 3 is 2.62 bits per heavy atom. The quantitative estimate of drug-likeness (QED) is 0.563. The summed E-state index contributed by atoms with van der Waals surface area (Å²) >= 11 is 0. The summed E-state index contributed by atoms with van der Waals surface area (Å²) in [6, 6.07) is 10.0. The number of fused-ring (bicyclic) bond motifs is 1. The summed E-state index contributed by atoms with van der Waals surface area (Å²) in [7, 11) is 4.00. The van der Waals surface area contributed by atoms with Gasteiger partial charge < -0.3 is 24.0 Å². The molecule has 1 aliphatic rings. The van der Waals surface area contributed by atoms with Crippen molar-refractivity contribution in [3.05, 3.63) is 42.7 Å². The lowest BCUT2D eigenvalue weighted by Crippen LogP contribution is -2.49. The number of morpholine rings is 1. The van der Waals surface area contributed by atoms with Gasteiger partial charge in [0.25, 0.3) is 0 Å². The Balaban J connectivity index is 1.52. The van der Waals surface area contributed by atoms with E-state index in [1.165, 1.54) is 0 Å². The van der Waals surface area contributed by atoms with E-state index in [1.54, 1.807) is 17.3 Å². The fraction of sp³-hybridized carbons (Fsp3) is 0.440. The maximum atomic E-state index is 12.4. The number of aromatic nitrogens is 3. The lowest BCUT2D eigenvalue weighted by atomic mass is 10.1. The Hall–Kier alpha value is -3.46. The van der Waals surface area contributed by atoms with Crippen molar-refractivity contribution in [2.75, 3.05) is 45.3 Å². The van der Waals surface area contributed by atoms with Crippen molar-refractivity contribution in [3.8, 4) is 17.1 Å². The van der Waals surface area contributed by atoms with Gasteiger partial charge in [-0.1, -0.05) is 12.1 Å². The molecule has 9 heteroatoms. The first-order valence-electron chi connectivity index (χ1n) is 11.3. The molecule has 1 amide bonds. The van der Waals surface area contributed by atoms with Crippen LogP contribution in [-0.2, 0) is 9.47 Å². The highest BCUT2D eigenvalue weighted by Gasteiger charge is 2.28. The van der Waals surface area contributed by atoms with E-state index in [1.807, 2.05) is 70.1 Å². The number of carbonyl (C=O) groups excluding carboxylic acids is 1. The summed E-state index contributed by atoms with van der Waals surface area (Å²) < 4.78 is 17.4. The smallest absolute Gasteiger partial charge is 0.410 e. The number of carbonyl (C=O) groups is 1. The average Bonchev–Trinajstić information content (AvgIpc) is 2.81. The Morgan fingerprint density at radius 1 is 1.18 bits per heavy atom. The second-order valence-corrected chi connectivity index (χ2v) is 9.41. The molecule has 1 aliphatic heterocycles. The predicted molar refractivity (Wildman–Crippen MR) is 130 cm³/mol. The van der Waals surface area contributed by atoms with E-state index in [0.717, 1.165) is 16.9 Å². The lowest BCUT2D eigenvalue weighted by molar-refractivity contribution is -0.0559. The van der Waals surface area contributed by atoms with Crippen LogP contribution in [0.4, 0.5) is 10.5 Å². The zero-order chi connectivity index (χ0) is 24.3. The highest BCUT2D eigenvalue weighted by atomic mass is 16.6. The molecule has 180 valence electrons. The number of ether oxygens (including phenoxy) is 3. The molecule has 1 aromatic carbocycles. The first-order chi connectivity index (χ1) is 16.2. The maximum absolute atomic E-state index is 12.4. The molecule has 34 heavy (non-hydrogen) atoms. The summed E-state index contributed by atoms with van der Waals surface area (Å²) in [6.45, 7) is 7.06. The molecule has 1 fully saturated rings. The van der Waals surface area contributed by atoms with Crippen LogP contribution < -0.4 is 9.64 Å².